The van der Waals surface area contributed by atoms with Crippen LogP contribution in [-0.2, 0) is 6.54 Å². The molecule has 0 unspecified atom stereocenters. The third kappa shape index (κ3) is 3.29. The minimum atomic E-state index is -0.130. The number of hydrogen-bond acceptors (Lipinski definition) is 4. The summed E-state index contributed by atoms with van der Waals surface area (Å²) in [6.45, 7) is 2.35. The molecule has 2 aromatic heterocycles. The Morgan fingerprint density at radius 2 is 1.93 bits per heavy atom. The first-order valence-electron chi connectivity index (χ1n) is 8.70. The Morgan fingerprint density at radius 3 is 2.70 bits per heavy atom. The van der Waals surface area contributed by atoms with E-state index in [-0.39, 0.29) is 5.56 Å². The maximum atomic E-state index is 12.6. The number of ether oxygens (including phenoxy) is 1. The van der Waals surface area contributed by atoms with Gasteiger partial charge >= 0.3 is 0 Å². The average molecular weight is 360 g/mol. The minimum Gasteiger partial charge on any atom is -0.497 e. The zero-order valence-electron chi connectivity index (χ0n) is 15.2. The molecule has 0 aliphatic heterocycles. The summed E-state index contributed by atoms with van der Waals surface area (Å²) in [6.07, 6.45) is 0. The normalized spacial score (nSPS) is 10.9. The highest BCUT2D eigenvalue weighted by molar-refractivity contribution is 5.80. The van der Waals surface area contributed by atoms with Crippen LogP contribution in [-0.4, -0.2) is 21.9 Å². The van der Waals surface area contributed by atoms with Crippen molar-refractivity contribution in [2.45, 2.75) is 13.5 Å². The van der Waals surface area contributed by atoms with Crippen LogP contribution in [0.4, 0.5) is 5.69 Å². The number of benzene rings is 2. The monoisotopic (exact) mass is 360 g/mol. The van der Waals surface area contributed by atoms with E-state index in [1.165, 1.54) is 0 Å². The minimum absolute atomic E-state index is 0.130. The molecule has 0 saturated heterocycles. The fraction of sp³-hybridized carbons (Fsp3) is 0.143. The summed E-state index contributed by atoms with van der Waals surface area (Å²) in [6, 6.07) is 19.3. The van der Waals surface area contributed by atoms with Gasteiger partial charge in [-0.05, 0) is 37.3 Å². The second-order valence-corrected chi connectivity index (χ2v) is 6.30. The van der Waals surface area contributed by atoms with Crippen molar-refractivity contribution >= 4 is 16.7 Å². The highest BCUT2D eigenvalue weighted by atomic mass is 16.5. The van der Waals surface area contributed by atoms with Gasteiger partial charge in [-0.2, -0.15) is 5.10 Å². The maximum Gasteiger partial charge on any atom is 0.254 e. The van der Waals surface area contributed by atoms with Crippen LogP contribution in [0.1, 0.15) is 11.3 Å². The van der Waals surface area contributed by atoms with Gasteiger partial charge in [-0.3, -0.25) is 4.79 Å². The third-order valence-electron chi connectivity index (χ3n) is 4.50. The molecule has 0 spiro atoms. The second kappa shape index (κ2) is 6.99. The number of pyridine rings is 1. The van der Waals surface area contributed by atoms with Crippen molar-refractivity contribution in [3.63, 3.8) is 0 Å². The number of nitrogens with one attached hydrogen (secondary N) is 2. The average Bonchev–Trinajstić information content (AvgIpc) is 3.02. The smallest absolute Gasteiger partial charge is 0.254 e. The van der Waals surface area contributed by atoms with Crippen LogP contribution in [0, 0.1) is 6.92 Å². The van der Waals surface area contributed by atoms with Crippen LogP contribution in [0.25, 0.3) is 16.7 Å². The number of H-pyrrole nitrogens is 1. The van der Waals surface area contributed by atoms with E-state index in [9.17, 15) is 4.79 Å². The van der Waals surface area contributed by atoms with Gasteiger partial charge in [-0.25, -0.2) is 4.68 Å². The first kappa shape index (κ1) is 16.9. The number of fused-ring (bicyclic) bond motifs is 1. The third-order valence-corrected chi connectivity index (χ3v) is 4.50. The van der Waals surface area contributed by atoms with Gasteiger partial charge in [-0.1, -0.05) is 24.3 Å². The van der Waals surface area contributed by atoms with E-state index in [2.05, 4.69) is 15.4 Å². The van der Waals surface area contributed by atoms with E-state index in [0.29, 0.717) is 17.8 Å². The van der Waals surface area contributed by atoms with Crippen molar-refractivity contribution in [1.82, 2.24) is 14.8 Å². The molecular formula is C21H20N4O2. The number of methoxy groups -OCH3 is 1. The maximum absolute atomic E-state index is 12.6. The Morgan fingerprint density at radius 1 is 1.11 bits per heavy atom. The Kier molecular flexibility index (Phi) is 4.38. The SMILES string of the molecule is COc1cccc(NCc2cc3c(C)nn(-c4ccccc4)c3[nH]c2=O)c1. The van der Waals surface area contributed by atoms with Gasteiger partial charge in [-0.15, -0.1) is 0 Å². The fourth-order valence-corrected chi connectivity index (χ4v) is 3.08. The number of para-hydroxylation sites is 1. The van der Waals surface area contributed by atoms with E-state index in [1.54, 1.807) is 11.8 Å². The van der Waals surface area contributed by atoms with Crippen LogP contribution in [0.15, 0.2) is 65.5 Å². The summed E-state index contributed by atoms with van der Waals surface area (Å²) in [5.41, 5.74) is 3.90. The molecule has 0 bridgehead atoms. The molecule has 2 heterocycles. The van der Waals surface area contributed by atoms with Gasteiger partial charge in [0, 0.05) is 29.2 Å². The van der Waals surface area contributed by atoms with E-state index < -0.39 is 0 Å². The lowest BCUT2D eigenvalue weighted by Crippen LogP contribution is -2.16. The van der Waals surface area contributed by atoms with Gasteiger partial charge in [0.25, 0.3) is 5.56 Å². The predicted octanol–water partition coefficient (Wildman–Crippen LogP) is 3.64. The van der Waals surface area contributed by atoms with Crippen LogP contribution < -0.4 is 15.6 Å². The lowest BCUT2D eigenvalue weighted by Gasteiger charge is -2.08. The summed E-state index contributed by atoms with van der Waals surface area (Å²) in [4.78, 5) is 15.6. The van der Waals surface area contributed by atoms with E-state index in [1.807, 2.05) is 67.6 Å². The first-order valence-corrected chi connectivity index (χ1v) is 8.70. The number of aromatic nitrogens is 3. The van der Waals surface area contributed by atoms with Crippen LogP contribution in [0.3, 0.4) is 0 Å². The zero-order chi connectivity index (χ0) is 18.8. The van der Waals surface area contributed by atoms with E-state index >= 15 is 0 Å². The van der Waals surface area contributed by atoms with Gasteiger partial charge in [0.05, 0.1) is 18.5 Å². The molecule has 27 heavy (non-hydrogen) atoms. The molecule has 2 aromatic carbocycles. The number of rotatable bonds is 5. The molecule has 4 aromatic rings. The fourth-order valence-electron chi connectivity index (χ4n) is 3.08. The molecule has 136 valence electrons. The zero-order valence-corrected chi connectivity index (χ0v) is 15.2. The molecule has 6 nitrogen and oxygen atoms in total. The summed E-state index contributed by atoms with van der Waals surface area (Å²) in [5, 5.41) is 8.80. The highest BCUT2D eigenvalue weighted by Gasteiger charge is 2.12. The van der Waals surface area contributed by atoms with Crippen LogP contribution in [0.2, 0.25) is 0 Å². The molecule has 0 atom stereocenters. The molecule has 0 aliphatic rings. The number of hydrogen-bond donors (Lipinski definition) is 2. The summed E-state index contributed by atoms with van der Waals surface area (Å²) in [7, 11) is 1.63. The summed E-state index contributed by atoms with van der Waals surface area (Å²) >= 11 is 0. The van der Waals surface area contributed by atoms with E-state index in [4.69, 9.17) is 4.74 Å². The Bertz CT molecular complexity index is 1150. The van der Waals surface area contributed by atoms with Gasteiger partial charge in [0.2, 0.25) is 0 Å². The Balaban J connectivity index is 1.68. The molecule has 0 radical (unpaired) electrons. The Labute approximate surface area is 156 Å². The molecule has 6 heteroatoms. The molecular weight excluding hydrogens is 340 g/mol. The molecule has 4 rings (SSSR count). The van der Waals surface area contributed by atoms with E-state index in [0.717, 1.165) is 28.2 Å². The summed E-state index contributed by atoms with van der Waals surface area (Å²) < 4.78 is 7.00. The largest absolute Gasteiger partial charge is 0.497 e. The van der Waals surface area contributed by atoms with Crippen molar-refractivity contribution in [2.24, 2.45) is 0 Å². The van der Waals surface area contributed by atoms with Crippen molar-refractivity contribution < 1.29 is 4.74 Å². The van der Waals surface area contributed by atoms with Crippen molar-refractivity contribution in [2.75, 3.05) is 12.4 Å². The number of aryl methyl sites for hydroxylation is 1. The second-order valence-electron chi connectivity index (χ2n) is 6.30. The first-order chi connectivity index (χ1) is 13.2. The van der Waals surface area contributed by atoms with Crippen molar-refractivity contribution in [3.8, 4) is 11.4 Å². The number of aromatic amines is 1. The van der Waals surface area contributed by atoms with Crippen molar-refractivity contribution in [1.29, 1.82) is 0 Å². The van der Waals surface area contributed by atoms with Crippen LogP contribution >= 0.6 is 0 Å². The topological polar surface area (TPSA) is 71.9 Å². The number of anilines is 1. The van der Waals surface area contributed by atoms with Gasteiger partial charge < -0.3 is 15.0 Å². The predicted molar refractivity (Wildman–Crippen MR) is 107 cm³/mol. The van der Waals surface area contributed by atoms with Crippen molar-refractivity contribution in [3.05, 3.63) is 82.3 Å². The molecule has 0 aliphatic carbocycles. The standard InChI is InChI=1S/C21H20N4O2/c1-14-19-11-15(13-22-16-7-6-10-18(12-16)27-2)21(26)23-20(19)25(24-14)17-8-4-3-5-9-17/h3-12,22H,13H2,1-2H3,(H,23,26). The van der Waals surface area contributed by atoms with Gasteiger partial charge in [0.1, 0.15) is 11.4 Å². The molecule has 0 amide bonds. The highest BCUT2D eigenvalue weighted by Crippen LogP contribution is 2.21. The van der Waals surface area contributed by atoms with Gasteiger partial charge in [0.15, 0.2) is 0 Å². The summed E-state index contributed by atoms with van der Waals surface area (Å²) in [5.74, 6) is 0.768. The molecule has 0 fully saturated rings. The molecule has 2 N–H and O–H groups in total. The Hall–Kier alpha value is -3.54. The quantitative estimate of drug-likeness (QED) is 0.570. The van der Waals surface area contributed by atoms with Crippen LogP contribution in [0.5, 0.6) is 5.75 Å². The lowest BCUT2D eigenvalue weighted by atomic mass is 10.2. The molecule has 0 saturated carbocycles. The number of nitrogens with zero attached hydrogens (tertiary/aromatic N) is 2. The lowest BCUT2D eigenvalue weighted by molar-refractivity contribution is 0.415.